The number of hydrogen-bond acceptors (Lipinski definition) is 3. The molecule has 0 fully saturated rings. The summed E-state index contributed by atoms with van der Waals surface area (Å²) in [5.74, 6) is 0. The first-order valence-corrected chi connectivity index (χ1v) is 9.33. The predicted molar refractivity (Wildman–Crippen MR) is 119 cm³/mol. The van der Waals surface area contributed by atoms with Gasteiger partial charge in [0.1, 0.15) is 0 Å². The van der Waals surface area contributed by atoms with Crippen molar-refractivity contribution in [2.45, 2.75) is 0 Å². The van der Waals surface area contributed by atoms with E-state index in [9.17, 15) is 0 Å². The van der Waals surface area contributed by atoms with Gasteiger partial charge in [-0.05, 0) is 21.5 Å². The van der Waals surface area contributed by atoms with E-state index < -0.39 is 0 Å². The molecule has 0 radical (unpaired) electrons. The average molecular weight is 360 g/mol. The third-order valence-electron chi connectivity index (χ3n) is 3.96. The van der Waals surface area contributed by atoms with Gasteiger partial charge in [0.15, 0.2) is 0 Å². The first-order valence-electron chi connectivity index (χ1n) is 9.33. The molecule has 0 saturated heterocycles. The molecule has 0 aliphatic rings. The van der Waals surface area contributed by atoms with Crippen molar-refractivity contribution in [2.75, 3.05) is 26.2 Å². The molecule has 0 spiro atoms. The molecule has 27 heavy (non-hydrogen) atoms. The van der Waals surface area contributed by atoms with Crippen molar-refractivity contribution in [3.05, 3.63) is 97.1 Å². The number of hydrogen-bond donors (Lipinski definition) is 3. The van der Waals surface area contributed by atoms with E-state index in [4.69, 9.17) is 11.5 Å². The maximum atomic E-state index is 5.17. The van der Waals surface area contributed by atoms with Gasteiger partial charge in [-0.3, -0.25) is 0 Å². The van der Waals surface area contributed by atoms with Gasteiger partial charge in [0.05, 0.1) is 0 Å². The second kappa shape index (κ2) is 12.6. The molecular weight excluding hydrogens is 330 g/mol. The van der Waals surface area contributed by atoms with E-state index in [2.05, 4.69) is 102 Å². The Morgan fingerprint density at radius 2 is 0.667 bits per heavy atom. The largest absolute Gasteiger partial charge is 0.329 e. The van der Waals surface area contributed by atoms with Crippen LogP contribution in [0, 0.1) is 0 Å². The van der Waals surface area contributed by atoms with Crippen LogP contribution >= 0.6 is 0 Å². The van der Waals surface area contributed by atoms with Crippen LogP contribution in [0.2, 0.25) is 0 Å². The molecule has 0 bridgehead atoms. The summed E-state index contributed by atoms with van der Waals surface area (Å²) >= 11 is 0. The predicted octanol–water partition coefficient (Wildman–Crippen LogP) is 4.17. The molecule has 5 N–H and O–H groups in total. The highest BCUT2D eigenvalue weighted by atomic mass is 14.9. The topological polar surface area (TPSA) is 64.1 Å². The molecule has 140 valence electrons. The van der Waals surface area contributed by atoms with Crippen LogP contribution < -0.4 is 16.8 Å². The quantitative estimate of drug-likeness (QED) is 0.479. The van der Waals surface area contributed by atoms with Crippen LogP contribution in [-0.2, 0) is 0 Å². The van der Waals surface area contributed by atoms with Crippen molar-refractivity contribution >= 4 is 21.5 Å². The minimum absolute atomic E-state index is 0.694. The minimum Gasteiger partial charge on any atom is -0.329 e. The first kappa shape index (κ1) is 20.6. The van der Waals surface area contributed by atoms with Gasteiger partial charge in [0.2, 0.25) is 0 Å². The van der Waals surface area contributed by atoms with Crippen molar-refractivity contribution in [3.8, 4) is 0 Å². The first-order chi connectivity index (χ1) is 13.3. The fourth-order valence-electron chi connectivity index (χ4n) is 2.59. The summed E-state index contributed by atoms with van der Waals surface area (Å²) in [6.45, 7) is 3.13. The molecular formula is C24H29N3. The molecule has 0 aliphatic carbocycles. The maximum Gasteiger partial charge on any atom is 0.00750 e. The summed E-state index contributed by atoms with van der Waals surface area (Å²) in [4.78, 5) is 0. The van der Waals surface area contributed by atoms with E-state index in [1.165, 1.54) is 21.5 Å². The second-order valence-corrected chi connectivity index (χ2v) is 6.02. The van der Waals surface area contributed by atoms with Gasteiger partial charge in [-0.1, -0.05) is 97.1 Å². The monoisotopic (exact) mass is 359 g/mol. The number of rotatable bonds is 4. The van der Waals surface area contributed by atoms with Gasteiger partial charge in [0.25, 0.3) is 0 Å². The Balaban J connectivity index is 0.000000149. The van der Waals surface area contributed by atoms with E-state index in [1.54, 1.807) is 0 Å². The zero-order chi connectivity index (χ0) is 19.2. The Morgan fingerprint density at radius 3 is 0.852 bits per heavy atom. The Bertz CT molecular complexity index is 699. The third-order valence-corrected chi connectivity index (χ3v) is 3.96. The Labute approximate surface area is 162 Å². The summed E-state index contributed by atoms with van der Waals surface area (Å²) < 4.78 is 0. The summed E-state index contributed by atoms with van der Waals surface area (Å²) in [5, 5.41) is 8.28. The van der Waals surface area contributed by atoms with Crippen LogP contribution in [0.15, 0.2) is 97.1 Å². The number of benzene rings is 4. The van der Waals surface area contributed by atoms with Gasteiger partial charge in [-0.25, -0.2) is 0 Å². The maximum absolute atomic E-state index is 5.17. The van der Waals surface area contributed by atoms with Gasteiger partial charge in [0, 0.05) is 26.2 Å². The third kappa shape index (κ3) is 7.59. The van der Waals surface area contributed by atoms with E-state index in [-0.39, 0.29) is 0 Å². The zero-order valence-corrected chi connectivity index (χ0v) is 15.7. The van der Waals surface area contributed by atoms with Crippen LogP contribution in [0.25, 0.3) is 21.5 Å². The molecule has 4 aromatic carbocycles. The van der Waals surface area contributed by atoms with Crippen molar-refractivity contribution in [2.24, 2.45) is 11.5 Å². The average Bonchev–Trinajstić information content (AvgIpc) is 2.75. The highest BCUT2D eigenvalue weighted by Crippen LogP contribution is 2.11. The molecule has 3 nitrogen and oxygen atoms in total. The highest BCUT2D eigenvalue weighted by molar-refractivity contribution is 5.82. The highest BCUT2D eigenvalue weighted by Gasteiger charge is 1.86. The second-order valence-electron chi connectivity index (χ2n) is 6.02. The Kier molecular flexibility index (Phi) is 9.61. The summed E-state index contributed by atoms with van der Waals surface area (Å²) in [6, 6.07) is 33.4. The number of fused-ring (bicyclic) bond motifs is 2. The van der Waals surface area contributed by atoms with E-state index >= 15 is 0 Å². The van der Waals surface area contributed by atoms with Crippen LogP contribution in [0.1, 0.15) is 0 Å². The summed E-state index contributed by atoms with van der Waals surface area (Å²) in [5.41, 5.74) is 10.3. The van der Waals surface area contributed by atoms with Gasteiger partial charge in [-0.2, -0.15) is 0 Å². The van der Waals surface area contributed by atoms with Crippen molar-refractivity contribution in [1.29, 1.82) is 0 Å². The van der Waals surface area contributed by atoms with Gasteiger partial charge in [-0.15, -0.1) is 0 Å². The normalized spacial score (nSPS) is 9.85. The minimum atomic E-state index is 0.694. The molecule has 0 aromatic heterocycles. The van der Waals surface area contributed by atoms with Gasteiger partial charge < -0.3 is 16.8 Å². The Morgan fingerprint density at radius 1 is 0.444 bits per heavy atom. The van der Waals surface area contributed by atoms with Gasteiger partial charge >= 0.3 is 0 Å². The summed E-state index contributed by atoms with van der Waals surface area (Å²) in [7, 11) is 0. The van der Waals surface area contributed by atoms with E-state index in [1.807, 2.05) is 0 Å². The summed E-state index contributed by atoms with van der Waals surface area (Å²) in [6.07, 6.45) is 0. The van der Waals surface area contributed by atoms with Crippen molar-refractivity contribution in [3.63, 3.8) is 0 Å². The van der Waals surface area contributed by atoms with Crippen LogP contribution in [0.3, 0.4) is 0 Å². The lowest BCUT2D eigenvalue weighted by Gasteiger charge is -1.95. The molecule has 0 heterocycles. The van der Waals surface area contributed by atoms with Crippen LogP contribution in [-0.4, -0.2) is 26.2 Å². The fourth-order valence-corrected chi connectivity index (χ4v) is 2.59. The molecule has 4 rings (SSSR count). The van der Waals surface area contributed by atoms with E-state index in [0.717, 1.165) is 13.1 Å². The fraction of sp³-hybridized carbons (Fsp3) is 0.167. The molecule has 0 unspecified atom stereocenters. The molecule has 4 aromatic rings. The molecule has 0 amide bonds. The number of nitrogens with two attached hydrogens (primary N) is 2. The molecule has 0 saturated carbocycles. The SMILES string of the molecule is NCCNCCN.c1ccc2ccccc2c1.c1ccc2ccccc2c1. The smallest absolute Gasteiger partial charge is 0.00750 e. The molecule has 0 aliphatic heterocycles. The lowest BCUT2D eigenvalue weighted by Crippen LogP contribution is -2.27. The number of nitrogens with one attached hydrogen (secondary N) is 1. The van der Waals surface area contributed by atoms with Crippen molar-refractivity contribution < 1.29 is 0 Å². The van der Waals surface area contributed by atoms with Crippen molar-refractivity contribution in [1.82, 2.24) is 5.32 Å². The zero-order valence-electron chi connectivity index (χ0n) is 15.7. The van der Waals surface area contributed by atoms with Crippen LogP contribution in [0.4, 0.5) is 0 Å². The standard InChI is InChI=1S/2C10H8.C4H13N3/c2*1-2-6-10-8-4-3-7-9(10)5-1;5-1-3-7-4-2-6/h2*1-8H;7H,1-6H2. The van der Waals surface area contributed by atoms with E-state index in [0.29, 0.717) is 13.1 Å². The van der Waals surface area contributed by atoms with Crippen LogP contribution in [0.5, 0.6) is 0 Å². The molecule has 3 heteroatoms. The lowest BCUT2D eigenvalue weighted by molar-refractivity contribution is 0.696. The molecule has 0 atom stereocenters. The lowest BCUT2D eigenvalue weighted by atomic mass is 10.1. The Hall–Kier alpha value is -2.72.